The summed E-state index contributed by atoms with van der Waals surface area (Å²) in [5.74, 6) is -0.200. The van der Waals surface area contributed by atoms with E-state index in [1.54, 1.807) is 0 Å². The Morgan fingerprint density at radius 2 is 2.00 bits per heavy atom. The Hall–Kier alpha value is -0.610. The molecule has 4 heteroatoms. The van der Waals surface area contributed by atoms with Crippen molar-refractivity contribution in [2.75, 3.05) is 19.6 Å². The third-order valence-electron chi connectivity index (χ3n) is 2.87. The molecule has 0 spiro atoms. The molecule has 2 atom stereocenters. The predicted molar refractivity (Wildman–Crippen MR) is 45.6 cm³/mol. The van der Waals surface area contributed by atoms with Gasteiger partial charge in [-0.15, -0.1) is 0 Å². The van der Waals surface area contributed by atoms with Crippen LogP contribution in [0.1, 0.15) is 12.8 Å². The Morgan fingerprint density at radius 3 is 2.50 bits per heavy atom. The van der Waals surface area contributed by atoms with E-state index in [2.05, 4.69) is 10.2 Å². The van der Waals surface area contributed by atoms with Gasteiger partial charge >= 0.3 is 0 Å². The fourth-order valence-corrected chi connectivity index (χ4v) is 2.31. The Kier molecular flexibility index (Phi) is 2.02. The average Bonchev–Trinajstić information content (AvgIpc) is 2.30. The van der Waals surface area contributed by atoms with E-state index in [1.807, 2.05) is 0 Å². The normalized spacial score (nSPS) is 35.3. The summed E-state index contributed by atoms with van der Waals surface area (Å²) in [6.45, 7) is 2.48. The monoisotopic (exact) mass is 169 g/mol. The quantitative estimate of drug-likeness (QED) is 0.552. The van der Waals surface area contributed by atoms with Crippen molar-refractivity contribution in [2.24, 2.45) is 5.73 Å². The van der Waals surface area contributed by atoms with Crippen LogP contribution in [0.5, 0.6) is 0 Å². The van der Waals surface area contributed by atoms with Crippen LogP contribution >= 0.6 is 0 Å². The number of hydrogen-bond acceptors (Lipinski definition) is 3. The number of amides is 1. The molecule has 4 nitrogen and oxygen atoms in total. The van der Waals surface area contributed by atoms with Crippen LogP contribution < -0.4 is 11.1 Å². The van der Waals surface area contributed by atoms with Crippen molar-refractivity contribution in [1.82, 2.24) is 10.2 Å². The third-order valence-corrected chi connectivity index (χ3v) is 2.87. The summed E-state index contributed by atoms with van der Waals surface area (Å²) in [6, 6.07) is 1.10. The first-order chi connectivity index (χ1) is 5.77. The van der Waals surface area contributed by atoms with Gasteiger partial charge in [-0.3, -0.25) is 9.69 Å². The average molecular weight is 169 g/mol. The molecular formula is C8H15N3O. The second-order valence-electron chi connectivity index (χ2n) is 3.68. The smallest absolute Gasteiger partial charge is 0.231 e. The number of carbonyl (C=O) groups is 1. The lowest BCUT2D eigenvalue weighted by Crippen LogP contribution is -2.54. The molecule has 2 unspecified atom stereocenters. The lowest BCUT2D eigenvalue weighted by atomic mass is 10.2. The molecule has 3 N–H and O–H groups in total. The maximum atomic E-state index is 10.7. The fraction of sp³-hybridized carbons (Fsp3) is 0.875. The maximum absolute atomic E-state index is 10.7. The maximum Gasteiger partial charge on any atom is 0.231 e. The molecule has 0 aliphatic carbocycles. The van der Waals surface area contributed by atoms with Crippen molar-refractivity contribution in [3.05, 3.63) is 0 Å². The zero-order valence-electron chi connectivity index (χ0n) is 7.12. The second kappa shape index (κ2) is 3.03. The molecular weight excluding hydrogens is 154 g/mol. The number of fused-ring (bicyclic) bond motifs is 2. The molecule has 2 fully saturated rings. The second-order valence-corrected chi connectivity index (χ2v) is 3.68. The largest absolute Gasteiger partial charge is 0.369 e. The Morgan fingerprint density at radius 1 is 1.42 bits per heavy atom. The summed E-state index contributed by atoms with van der Waals surface area (Å²) in [5.41, 5.74) is 5.17. The van der Waals surface area contributed by atoms with E-state index >= 15 is 0 Å². The molecule has 2 aliphatic heterocycles. The van der Waals surface area contributed by atoms with Crippen LogP contribution in [-0.2, 0) is 4.79 Å². The van der Waals surface area contributed by atoms with Crippen molar-refractivity contribution in [2.45, 2.75) is 24.9 Å². The Labute approximate surface area is 72.1 Å². The summed E-state index contributed by atoms with van der Waals surface area (Å²) in [4.78, 5) is 13.0. The van der Waals surface area contributed by atoms with Gasteiger partial charge in [-0.25, -0.2) is 0 Å². The molecule has 2 bridgehead atoms. The van der Waals surface area contributed by atoms with Crippen LogP contribution in [0.3, 0.4) is 0 Å². The molecule has 0 saturated carbocycles. The topological polar surface area (TPSA) is 58.4 Å². The molecule has 1 amide bonds. The van der Waals surface area contributed by atoms with E-state index in [1.165, 1.54) is 12.8 Å². The highest BCUT2D eigenvalue weighted by Crippen LogP contribution is 2.25. The number of nitrogens with two attached hydrogens (primary N) is 1. The minimum Gasteiger partial charge on any atom is -0.369 e. The van der Waals surface area contributed by atoms with Crippen molar-refractivity contribution in [3.8, 4) is 0 Å². The van der Waals surface area contributed by atoms with E-state index in [0.29, 0.717) is 18.6 Å². The van der Waals surface area contributed by atoms with Crippen LogP contribution in [0, 0.1) is 0 Å². The number of hydrogen-bond donors (Lipinski definition) is 2. The molecule has 68 valence electrons. The van der Waals surface area contributed by atoms with Gasteiger partial charge in [-0.1, -0.05) is 0 Å². The lowest BCUT2D eigenvalue weighted by Gasteiger charge is -2.34. The zero-order valence-corrected chi connectivity index (χ0v) is 7.12. The lowest BCUT2D eigenvalue weighted by molar-refractivity contribution is -0.120. The van der Waals surface area contributed by atoms with Gasteiger partial charge in [0.25, 0.3) is 0 Å². The van der Waals surface area contributed by atoms with Crippen LogP contribution in [0.25, 0.3) is 0 Å². The van der Waals surface area contributed by atoms with Crippen LogP contribution in [0.2, 0.25) is 0 Å². The van der Waals surface area contributed by atoms with Gasteiger partial charge in [0.05, 0.1) is 6.54 Å². The van der Waals surface area contributed by atoms with Gasteiger partial charge in [0.2, 0.25) is 5.91 Å². The van der Waals surface area contributed by atoms with E-state index in [-0.39, 0.29) is 5.91 Å². The van der Waals surface area contributed by atoms with Gasteiger partial charge in [0.15, 0.2) is 0 Å². The molecule has 0 radical (unpaired) electrons. The van der Waals surface area contributed by atoms with Gasteiger partial charge in [-0.2, -0.15) is 0 Å². The third kappa shape index (κ3) is 1.32. The van der Waals surface area contributed by atoms with Crippen molar-refractivity contribution < 1.29 is 4.79 Å². The Balaban J connectivity index is 2.00. The molecule has 2 heterocycles. The number of nitrogens with zero attached hydrogens (tertiary/aromatic N) is 1. The first-order valence-electron chi connectivity index (χ1n) is 4.52. The van der Waals surface area contributed by atoms with Crippen molar-refractivity contribution in [1.29, 1.82) is 0 Å². The first-order valence-corrected chi connectivity index (χ1v) is 4.52. The van der Waals surface area contributed by atoms with Gasteiger partial charge in [0, 0.05) is 25.2 Å². The van der Waals surface area contributed by atoms with Gasteiger partial charge in [-0.05, 0) is 12.8 Å². The van der Waals surface area contributed by atoms with Crippen LogP contribution in [0.15, 0.2) is 0 Å². The number of rotatable bonds is 2. The molecule has 0 aromatic carbocycles. The van der Waals surface area contributed by atoms with E-state index in [4.69, 9.17) is 5.73 Å². The Bertz CT molecular complexity index is 179. The standard InChI is InChI=1S/C8H15N3O/c9-8(12)5-11-6-1-2-7(11)4-10-3-6/h6-7,10H,1-5H2,(H2,9,12). The molecule has 2 aliphatic rings. The summed E-state index contributed by atoms with van der Waals surface area (Å²) >= 11 is 0. The number of primary amides is 1. The summed E-state index contributed by atoms with van der Waals surface area (Å²) in [6.07, 6.45) is 2.43. The number of piperazine rings is 1. The molecule has 12 heavy (non-hydrogen) atoms. The highest BCUT2D eigenvalue weighted by atomic mass is 16.1. The number of carbonyl (C=O) groups excluding carboxylic acids is 1. The SMILES string of the molecule is NC(=O)CN1C2CCC1CNC2. The van der Waals surface area contributed by atoms with E-state index in [0.717, 1.165) is 13.1 Å². The van der Waals surface area contributed by atoms with Crippen molar-refractivity contribution >= 4 is 5.91 Å². The summed E-state index contributed by atoms with van der Waals surface area (Å²) < 4.78 is 0. The predicted octanol–water partition coefficient (Wildman–Crippen LogP) is -1.09. The summed E-state index contributed by atoms with van der Waals surface area (Å²) in [7, 11) is 0. The summed E-state index contributed by atoms with van der Waals surface area (Å²) in [5, 5.41) is 3.36. The van der Waals surface area contributed by atoms with E-state index in [9.17, 15) is 4.79 Å². The highest BCUT2D eigenvalue weighted by Gasteiger charge is 2.36. The van der Waals surface area contributed by atoms with Crippen molar-refractivity contribution in [3.63, 3.8) is 0 Å². The van der Waals surface area contributed by atoms with Crippen LogP contribution in [0.4, 0.5) is 0 Å². The minimum absolute atomic E-state index is 0.200. The zero-order chi connectivity index (χ0) is 8.55. The first kappa shape index (κ1) is 8.01. The number of nitrogens with one attached hydrogen (secondary N) is 1. The molecule has 2 saturated heterocycles. The highest BCUT2D eigenvalue weighted by molar-refractivity contribution is 5.76. The van der Waals surface area contributed by atoms with Gasteiger partial charge in [0.1, 0.15) is 0 Å². The van der Waals surface area contributed by atoms with Gasteiger partial charge < -0.3 is 11.1 Å². The molecule has 0 aromatic heterocycles. The minimum atomic E-state index is -0.200. The molecule has 0 aromatic rings. The molecule has 2 rings (SSSR count). The van der Waals surface area contributed by atoms with E-state index < -0.39 is 0 Å². The van der Waals surface area contributed by atoms with Crippen LogP contribution in [-0.4, -0.2) is 42.5 Å². The fourth-order valence-electron chi connectivity index (χ4n) is 2.31.